The molecule has 1 aliphatic heterocycles. The third-order valence-corrected chi connectivity index (χ3v) is 7.86. The van der Waals surface area contributed by atoms with Crippen molar-refractivity contribution in [3.8, 4) is 5.75 Å². The molecule has 1 saturated heterocycles. The van der Waals surface area contributed by atoms with Gasteiger partial charge in [0, 0.05) is 0 Å². The first-order valence-corrected chi connectivity index (χ1v) is 13.3. The molecule has 0 N–H and O–H groups in total. The first kappa shape index (κ1) is 25.3. The Morgan fingerprint density at radius 3 is 2.03 bits per heavy atom. The molecule has 0 saturated carbocycles. The molecule has 0 unspecified atom stereocenters. The number of aryl methyl sites for hydroxylation is 2. The van der Waals surface area contributed by atoms with Crippen molar-refractivity contribution >= 4 is 62.3 Å². The molecule has 3 aromatic rings. The zero-order chi connectivity index (χ0) is 25.3. The lowest BCUT2D eigenvalue weighted by Gasteiger charge is -2.12. The van der Waals surface area contributed by atoms with Crippen LogP contribution in [0.2, 0.25) is 10.0 Å². The van der Waals surface area contributed by atoms with Crippen LogP contribution in [0.25, 0.3) is 6.08 Å². The Labute approximate surface area is 217 Å². The van der Waals surface area contributed by atoms with Gasteiger partial charge in [-0.25, -0.2) is 0 Å². The molecule has 0 radical (unpaired) electrons. The Hall–Kier alpha value is -2.78. The second-order valence-corrected chi connectivity index (χ2v) is 11.3. The van der Waals surface area contributed by atoms with Gasteiger partial charge in [-0.05, 0) is 67.1 Å². The Kier molecular flexibility index (Phi) is 7.28. The number of rotatable bonds is 6. The van der Waals surface area contributed by atoms with E-state index in [9.17, 15) is 18.0 Å². The standard InChI is InChI=1S/C25H19Cl2NO5S2/c1-15-3-7-17(8-4-15)14-28-24(29)22(34-25(28)30)13-18-11-20(26)23(21(27)12-18)33-35(31,32)19-9-5-16(2)6-10-19/h3-13H,14H2,1-2H3/b22-13-. The van der Waals surface area contributed by atoms with Crippen molar-refractivity contribution in [3.05, 3.63) is 97.9 Å². The molecule has 3 aromatic carbocycles. The molecular weight excluding hydrogens is 529 g/mol. The van der Waals surface area contributed by atoms with Crippen LogP contribution in [-0.2, 0) is 21.5 Å². The van der Waals surface area contributed by atoms with E-state index in [1.165, 1.54) is 30.3 Å². The number of benzene rings is 3. The van der Waals surface area contributed by atoms with Crippen LogP contribution < -0.4 is 4.18 Å². The maximum atomic E-state index is 12.8. The first-order valence-electron chi connectivity index (χ1n) is 10.3. The number of amides is 2. The van der Waals surface area contributed by atoms with Crippen LogP contribution in [-0.4, -0.2) is 24.5 Å². The number of thioether (sulfide) groups is 1. The fourth-order valence-corrected chi connectivity index (χ4v) is 5.74. The number of hydrogen-bond donors (Lipinski definition) is 0. The fourth-order valence-electron chi connectivity index (χ4n) is 3.27. The van der Waals surface area contributed by atoms with Gasteiger partial charge in [-0.15, -0.1) is 0 Å². The summed E-state index contributed by atoms with van der Waals surface area (Å²) in [6.07, 6.45) is 1.48. The molecule has 0 bridgehead atoms. The summed E-state index contributed by atoms with van der Waals surface area (Å²) >= 11 is 13.4. The second kappa shape index (κ2) is 10.1. The summed E-state index contributed by atoms with van der Waals surface area (Å²) in [6, 6.07) is 16.5. The van der Waals surface area contributed by atoms with Gasteiger partial charge in [0.25, 0.3) is 11.1 Å². The Morgan fingerprint density at radius 1 is 0.914 bits per heavy atom. The molecule has 4 rings (SSSR count). The molecule has 0 aromatic heterocycles. The number of carbonyl (C=O) groups is 2. The van der Waals surface area contributed by atoms with Crippen molar-refractivity contribution in [2.45, 2.75) is 25.3 Å². The highest BCUT2D eigenvalue weighted by molar-refractivity contribution is 8.18. The van der Waals surface area contributed by atoms with Crippen LogP contribution in [0.15, 0.2) is 70.5 Å². The van der Waals surface area contributed by atoms with Gasteiger partial charge in [0.15, 0.2) is 5.75 Å². The summed E-state index contributed by atoms with van der Waals surface area (Å²) in [7, 11) is -4.16. The van der Waals surface area contributed by atoms with Gasteiger partial charge in [0.2, 0.25) is 0 Å². The van der Waals surface area contributed by atoms with E-state index in [2.05, 4.69) is 0 Å². The van der Waals surface area contributed by atoms with Crippen LogP contribution in [0.3, 0.4) is 0 Å². The summed E-state index contributed by atoms with van der Waals surface area (Å²) in [4.78, 5) is 26.6. The molecule has 0 spiro atoms. The highest BCUT2D eigenvalue weighted by atomic mass is 35.5. The zero-order valence-corrected chi connectivity index (χ0v) is 21.8. The van der Waals surface area contributed by atoms with E-state index in [-0.39, 0.29) is 37.4 Å². The largest absolute Gasteiger partial charge is 0.376 e. The third-order valence-electron chi connectivity index (χ3n) is 5.16. The number of halogens is 2. The van der Waals surface area contributed by atoms with Gasteiger partial charge in [-0.3, -0.25) is 14.5 Å². The molecule has 180 valence electrons. The van der Waals surface area contributed by atoms with Gasteiger partial charge >= 0.3 is 10.1 Å². The van der Waals surface area contributed by atoms with E-state index in [0.29, 0.717) is 5.56 Å². The average molecular weight is 548 g/mol. The molecule has 1 heterocycles. The van der Waals surface area contributed by atoms with E-state index in [1.807, 2.05) is 38.1 Å². The van der Waals surface area contributed by atoms with Crippen molar-refractivity contribution in [1.82, 2.24) is 4.90 Å². The molecule has 0 aliphatic carbocycles. The molecule has 1 fully saturated rings. The predicted octanol–water partition coefficient (Wildman–Crippen LogP) is 6.61. The van der Waals surface area contributed by atoms with E-state index in [4.69, 9.17) is 27.4 Å². The summed E-state index contributed by atoms with van der Waals surface area (Å²) in [5.41, 5.74) is 3.23. The highest BCUT2D eigenvalue weighted by Crippen LogP contribution is 2.39. The van der Waals surface area contributed by atoms with Crippen LogP contribution in [0.1, 0.15) is 22.3 Å². The fraction of sp³-hybridized carbons (Fsp3) is 0.120. The number of carbonyl (C=O) groups excluding carboxylic acids is 2. The first-order chi connectivity index (χ1) is 16.5. The van der Waals surface area contributed by atoms with Crippen molar-refractivity contribution in [3.63, 3.8) is 0 Å². The smallest absolute Gasteiger partial charge is 0.339 e. The maximum Gasteiger partial charge on any atom is 0.339 e. The van der Waals surface area contributed by atoms with Gasteiger partial charge < -0.3 is 4.18 Å². The van der Waals surface area contributed by atoms with E-state index >= 15 is 0 Å². The van der Waals surface area contributed by atoms with Crippen LogP contribution in [0.4, 0.5) is 4.79 Å². The van der Waals surface area contributed by atoms with Gasteiger partial charge in [0.1, 0.15) is 4.90 Å². The lowest BCUT2D eigenvalue weighted by atomic mass is 10.1. The predicted molar refractivity (Wildman–Crippen MR) is 138 cm³/mol. The van der Waals surface area contributed by atoms with Gasteiger partial charge in [-0.1, -0.05) is 70.7 Å². The number of imide groups is 1. The molecule has 1 aliphatic rings. The van der Waals surface area contributed by atoms with Crippen molar-refractivity contribution in [2.75, 3.05) is 0 Å². The van der Waals surface area contributed by atoms with Gasteiger partial charge in [0.05, 0.1) is 21.5 Å². The lowest BCUT2D eigenvalue weighted by molar-refractivity contribution is -0.123. The number of nitrogens with zero attached hydrogens (tertiary/aromatic N) is 1. The average Bonchev–Trinajstić information content (AvgIpc) is 3.05. The summed E-state index contributed by atoms with van der Waals surface area (Å²) in [5, 5.41) is -0.500. The van der Waals surface area contributed by atoms with Crippen LogP contribution in [0, 0.1) is 13.8 Å². The minimum absolute atomic E-state index is 0.0402. The highest BCUT2D eigenvalue weighted by Gasteiger charge is 2.35. The third kappa shape index (κ3) is 5.73. The minimum Gasteiger partial charge on any atom is -0.376 e. The second-order valence-electron chi connectivity index (χ2n) is 7.92. The minimum atomic E-state index is -4.16. The van der Waals surface area contributed by atoms with E-state index in [0.717, 1.165) is 33.4 Å². The molecule has 0 atom stereocenters. The SMILES string of the molecule is Cc1ccc(CN2C(=O)S/C(=C\c3cc(Cl)c(OS(=O)(=O)c4ccc(C)cc4)c(Cl)c3)C2=O)cc1. The summed E-state index contributed by atoms with van der Waals surface area (Å²) < 4.78 is 30.4. The molecule has 35 heavy (non-hydrogen) atoms. The Morgan fingerprint density at radius 2 is 1.46 bits per heavy atom. The number of hydrogen-bond acceptors (Lipinski definition) is 6. The zero-order valence-electron chi connectivity index (χ0n) is 18.6. The van der Waals surface area contributed by atoms with Crippen molar-refractivity contribution in [1.29, 1.82) is 0 Å². The summed E-state index contributed by atoms with van der Waals surface area (Å²) in [6.45, 7) is 3.95. The molecule has 10 heteroatoms. The topological polar surface area (TPSA) is 80.8 Å². The van der Waals surface area contributed by atoms with Crippen LogP contribution >= 0.6 is 35.0 Å². The Bertz CT molecular complexity index is 1430. The van der Waals surface area contributed by atoms with Crippen molar-refractivity contribution < 1.29 is 22.2 Å². The van der Waals surface area contributed by atoms with E-state index in [1.54, 1.807) is 12.1 Å². The molecule has 2 amide bonds. The summed E-state index contributed by atoms with van der Waals surface area (Å²) in [5.74, 6) is -0.659. The van der Waals surface area contributed by atoms with Crippen LogP contribution in [0.5, 0.6) is 5.75 Å². The van der Waals surface area contributed by atoms with Gasteiger partial charge in [-0.2, -0.15) is 8.42 Å². The monoisotopic (exact) mass is 547 g/mol. The molecule has 6 nitrogen and oxygen atoms in total. The lowest BCUT2D eigenvalue weighted by Crippen LogP contribution is -2.27. The quantitative estimate of drug-likeness (QED) is 0.255. The Balaban J connectivity index is 1.55. The molecular formula is C25H19Cl2NO5S2. The van der Waals surface area contributed by atoms with Crippen molar-refractivity contribution in [2.24, 2.45) is 0 Å². The van der Waals surface area contributed by atoms with E-state index < -0.39 is 16.0 Å². The maximum absolute atomic E-state index is 12.8. The normalized spacial score (nSPS) is 15.2.